The van der Waals surface area contributed by atoms with Gasteiger partial charge in [-0.1, -0.05) is 54.2 Å². The first-order valence-corrected chi connectivity index (χ1v) is 11.0. The largest absolute Gasteiger partial charge is 0.381 e. The lowest BCUT2D eigenvalue weighted by Crippen LogP contribution is -2.44. The summed E-state index contributed by atoms with van der Waals surface area (Å²) in [5.74, 6) is 1.14. The van der Waals surface area contributed by atoms with Crippen LogP contribution in [-0.4, -0.2) is 34.4 Å². The van der Waals surface area contributed by atoms with Crippen molar-refractivity contribution >= 4 is 23.4 Å². The summed E-state index contributed by atoms with van der Waals surface area (Å²) in [7, 11) is 0. The number of amides is 1. The normalized spacial score (nSPS) is 17.7. The third kappa shape index (κ3) is 3.47. The van der Waals surface area contributed by atoms with Crippen LogP contribution in [0.2, 0.25) is 0 Å². The lowest BCUT2D eigenvalue weighted by molar-refractivity contribution is -0.125. The number of aromatic nitrogens is 2. The van der Waals surface area contributed by atoms with E-state index in [-0.39, 0.29) is 5.91 Å². The van der Waals surface area contributed by atoms with E-state index in [4.69, 9.17) is 9.72 Å². The topological polar surface area (TPSA) is 56.2 Å². The van der Waals surface area contributed by atoms with Gasteiger partial charge in [0.1, 0.15) is 0 Å². The van der Waals surface area contributed by atoms with Crippen LogP contribution in [0, 0.1) is 0 Å². The Morgan fingerprint density at radius 1 is 1.07 bits per heavy atom. The zero-order chi connectivity index (χ0) is 19.7. The highest BCUT2D eigenvalue weighted by Gasteiger charge is 2.41. The lowest BCUT2D eigenvalue weighted by atomic mass is 9.73. The van der Waals surface area contributed by atoms with Gasteiger partial charge in [-0.2, -0.15) is 0 Å². The van der Waals surface area contributed by atoms with E-state index in [1.54, 1.807) is 11.8 Å². The fourth-order valence-corrected chi connectivity index (χ4v) is 5.09. The number of nitrogens with one attached hydrogen (secondary N) is 1. The number of carbonyl (C=O) groups excluding carboxylic acids is 1. The average molecular weight is 406 g/mol. The SMILES string of the molecule is O=C(Nc1ccc(-c2cn3c(n2)SCC3)cc1)C1(c2ccccc2)CCOCC1. The van der Waals surface area contributed by atoms with E-state index in [0.29, 0.717) is 26.1 Å². The summed E-state index contributed by atoms with van der Waals surface area (Å²) < 4.78 is 7.75. The van der Waals surface area contributed by atoms with Crippen molar-refractivity contribution in [2.45, 2.75) is 30.0 Å². The molecule has 0 radical (unpaired) electrons. The molecule has 6 heteroatoms. The number of benzene rings is 2. The number of nitrogens with zero attached hydrogens (tertiary/aromatic N) is 2. The Morgan fingerprint density at radius 2 is 1.83 bits per heavy atom. The summed E-state index contributed by atoms with van der Waals surface area (Å²) in [4.78, 5) is 18.1. The summed E-state index contributed by atoms with van der Waals surface area (Å²) in [6.45, 7) is 2.22. The van der Waals surface area contributed by atoms with Crippen molar-refractivity contribution in [1.82, 2.24) is 9.55 Å². The molecule has 1 aromatic heterocycles. The van der Waals surface area contributed by atoms with Crippen LogP contribution in [0.4, 0.5) is 5.69 Å². The van der Waals surface area contributed by atoms with Gasteiger partial charge in [0, 0.05) is 43.0 Å². The van der Waals surface area contributed by atoms with Crippen LogP contribution in [0.3, 0.4) is 0 Å². The second-order valence-corrected chi connectivity index (χ2v) is 8.60. The van der Waals surface area contributed by atoms with Gasteiger partial charge in [0.05, 0.1) is 11.1 Å². The van der Waals surface area contributed by atoms with Crippen LogP contribution < -0.4 is 5.32 Å². The van der Waals surface area contributed by atoms with Crippen LogP contribution in [0.5, 0.6) is 0 Å². The molecule has 1 amide bonds. The Labute approximate surface area is 174 Å². The molecule has 0 unspecified atom stereocenters. The molecule has 148 valence electrons. The van der Waals surface area contributed by atoms with Gasteiger partial charge < -0.3 is 14.6 Å². The Kier molecular flexibility index (Phi) is 4.89. The molecule has 2 aliphatic heterocycles. The summed E-state index contributed by atoms with van der Waals surface area (Å²) in [5, 5.41) is 4.23. The summed E-state index contributed by atoms with van der Waals surface area (Å²) in [6.07, 6.45) is 3.49. The first-order chi connectivity index (χ1) is 14.2. The predicted octanol–water partition coefficient (Wildman–Crippen LogP) is 4.34. The van der Waals surface area contributed by atoms with Gasteiger partial charge in [-0.25, -0.2) is 4.98 Å². The Morgan fingerprint density at radius 3 is 2.55 bits per heavy atom. The molecular weight excluding hydrogens is 382 g/mol. The third-order valence-electron chi connectivity index (χ3n) is 5.85. The molecule has 29 heavy (non-hydrogen) atoms. The maximum atomic E-state index is 13.4. The number of carbonyl (C=O) groups is 1. The first-order valence-electron chi connectivity index (χ1n) is 10.00. The second kappa shape index (κ2) is 7.69. The average Bonchev–Trinajstić information content (AvgIpc) is 3.38. The van der Waals surface area contributed by atoms with Crippen LogP contribution in [-0.2, 0) is 21.5 Å². The molecule has 3 aromatic rings. The van der Waals surface area contributed by atoms with E-state index in [0.717, 1.165) is 40.0 Å². The van der Waals surface area contributed by atoms with Crippen LogP contribution in [0.15, 0.2) is 66.0 Å². The highest BCUT2D eigenvalue weighted by Crippen LogP contribution is 2.36. The number of fused-ring (bicyclic) bond motifs is 1. The molecule has 2 aliphatic rings. The smallest absolute Gasteiger partial charge is 0.235 e. The van der Waals surface area contributed by atoms with Gasteiger partial charge in [-0.05, 0) is 30.5 Å². The molecule has 1 saturated heterocycles. The number of imidazole rings is 1. The number of hydrogen-bond acceptors (Lipinski definition) is 4. The molecule has 5 nitrogen and oxygen atoms in total. The van der Waals surface area contributed by atoms with Crippen LogP contribution in [0.25, 0.3) is 11.3 Å². The molecule has 1 N–H and O–H groups in total. The quantitative estimate of drug-likeness (QED) is 0.701. The first kappa shape index (κ1) is 18.5. The number of hydrogen-bond donors (Lipinski definition) is 1. The summed E-state index contributed by atoms with van der Waals surface area (Å²) in [6, 6.07) is 18.0. The van der Waals surface area contributed by atoms with E-state index < -0.39 is 5.41 Å². The monoisotopic (exact) mass is 405 g/mol. The standard InChI is InChI=1S/C23H23N3O2S/c27-21(23(10-13-28-14-11-23)18-4-2-1-3-5-18)24-19-8-6-17(7-9-19)20-16-26-12-15-29-22(26)25-20/h1-9,16H,10-15H2,(H,24,27). The van der Waals surface area contributed by atoms with Crippen molar-refractivity contribution < 1.29 is 9.53 Å². The molecule has 0 bridgehead atoms. The number of aryl methyl sites for hydroxylation is 1. The maximum absolute atomic E-state index is 13.4. The molecule has 5 rings (SSSR count). The second-order valence-electron chi connectivity index (χ2n) is 7.54. The van der Waals surface area contributed by atoms with Gasteiger partial charge in [0.15, 0.2) is 5.16 Å². The fourth-order valence-electron chi connectivity index (χ4n) is 4.15. The number of rotatable bonds is 4. The molecular formula is C23H23N3O2S. The predicted molar refractivity (Wildman–Crippen MR) is 115 cm³/mol. The van der Waals surface area contributed by atoms with Gasteiger partial charge in [-0.3, -0.25) is 4.79 Å². The van der Waals surface area contributed by atoms with Crippen LogP contribution in [0.1, 0.15) is 18.4 Å². The third-order valence-corrected chi connectivity index (χ3v) is 6.82. The van der Waals surface area contributed by atoms with E-state index in [1.807, 2.05) is 54.6 Å². The summed E-state index contributed by atoms with van der Waals surface area (Å²) >= 11 is 1.79. The Hall–Kier alpha value is -2.57. The molecule has 1 fully saturated rings. The van der Waals surface area contributed by atoms with Crippen molar-refractivity contribution in [1.29, 1.82) is 0 Å². The Balaban J connectivity index is 1.36. The highest BCUT2D eigenvalue weighted by atomic mass is 32.2. The van der Waals surface area contributed by atoms with E-state index in [9.17, 15) is 4.79 Å². The molecule has 2 aromatic carbocycles. The van der Waals surface area contributed by atoms with Crippen molar-refractivity contribution in [2.24, 2.45) is 0 Å². The van der Waals surface area contributed by atoms with Gasteiger partial charge in [0.2, 0.25) is 5.91 Å². The zero-order valence-corrected chi connectivity index (χ0v) is 17.0. The zero-order valence-electron chi connectivity index (χ0n) is 16.1. The fraction of sp³-hybridized carbons (Fsp3) is 0.304. The van der Waals surface area contributed by atoms with E-state index in [2.05, 4.69) is 16.1 Å². The number of ether oxygens (including phenoxy) is 1. The molecule has 0 atom stereocenters. The van der Waals surface area contributed by atoms with Crippen molar-refractivity contribution in [3.05, 3.63) is 66.4 Å². The van der Waals surface area contributed by atoms with Crippen molar-refractivity contribution in [2.75, 3.05) is 24.3 Å². The minimum Gasteiger partial charge on any atom is -0.381 e. The number of anilines is 1. The molecule has 3 heterocycles. The van der Waals surface area contributed by atoms with Crippen LogP contribution >= 0.6 is 11.8 Å². The van der Waals surface area contributed by atoms with Gasteiger partial charge >= 0.3 is 0 Å². The maximum Gasteiger partial charge on any atom is 0.235 e. The summed E-state index contributed by atoms with van der Waals surface area (Å²) in [5.41, 5.74) is 3.37. The molecule has 0 saturated carbocycles. The Bertz CT molecular complexity index is 987. The number of thioether (sulfide) groups is 1. The van der Waals surface area contributed by atoms with Gasteiger partial charge in [0.25, 0.3) is 0 Å². The lowest BCUT2D eigenvalue weighted by Gasteiger charge is -2.36. The van der Waals surface area contributed by atoms with Gasteiger partial charge in [-0.15, -0.1) is 0 Å². The van der Waals surface area contributed by atoms with E-state index >= 15 is 0 Å². The minimum absolute atomic E-state index is 0.0390. The van der Waals surface area contributed by atoms with E-state index in [1.165, 1.54) is 0 Å². The molecule has 0 spiro atoms. The molecule has 0 aliphatic carbocycles. The van der Waals surface area contributed by atoms with Crippen molar-refractivity contribution in [3.63, 3.8) is 0 Å². The highest BCUT2D eigenvalue weighted by molar-refractivity contribution is 7.99. The van der Waals surface area contributed by atoms with Crippen molar-refractivity contribution in [3.8, 4) is 11.3 Å². The minimum atomic E-state index is -0.542.